The minimum absolute atomic E-state index is 0.0239. The maximum atomic E-state index is 12.1. The maximum Gasteiger partial charge on any atom is 0.244 e. The number of likely N-dealkylation sites (tertiary alicyclic amines) is 1. The fraction of sp³-hybridized carbons (Fsp3) is 0.538. The molecule has 6 heteroatoms. The molecular weight excluding hydrogens is 262 g/mol. The summed E-state index contributed by atoms with van der Waals surface area (Å²) >= 11 is 1.44. The molecule has 2 atom stereocenters. The number of nitrogens with one attached hydrogen (secondary N) is 1. The predicted molar refractivity (Wildman–Crippen MR) is 74.7 cm³/mol. The normalized spacial score (nSPS) is 18.1. The van der Waals surface area contributed by atoms with Crippen molar-refractivity contribution in [1.82, 2.24) is 10.2 Å². The molecule has 104 valence electrons. The van der Waals surface area contributed by atoms with Gasteiger partial charge in [-0.25, -0.2) is 0 Å². The molecule has 2 amide bonds. The molecular formula is C13H19N3O2S. The van der Waals surface area contributed by atoms with Gasteiger partial charge in [-0.2, -0.15) is 0 Å². The second kappa shape index (κ2) is 6.16. The van der Waals surface area contributed by atoms with Crippen LogP contribution in [0.5, 0.6) is 0 Å². The standard InChI is InChI=1S/C13H19N3O2S/c1-9(13(18)16-6-2-3-7-16)15-12(17)11(14)10-5-4-8-19-10/h4-5,8-9,11H,2-3,6-7,14H2,1H3,(H,15,17). The number of carbonyl (C=O) groups excluding carboxylic acids is 2. The summed E-state index contributed by atoms with van der Waals surface area (Å²) in [5.41, 5.74) is 5.86. The fourth-order valence-electron chi connectivity index (χ4n) is 2.17. The van der Waals surface area contributed by atoms with Crippen LogP contribution in [-0.4, -0.2) is 35.8 Å². The third-order valence-corrected chi connectivity index (χ3v) is 4.23. The van der Waals surface area contributed by atoms with Crippen molar-refractivity contribution in [3.63, 3.8) is 0 Å². The van der Waals surface area contributed by atoms with Crippen LogP contribution >= 0.6 is 11.3 Å². The number of nitrogens with zero attached hydrogens (tertiary/aromatic N) is 1. The van der Waals surface area contributed by atoms with Crippen LogP contribution in [0, 0.1) is 0 Å². The molecule has 0 saturated carbocycles. The number of hydrogen-bond donors (Lipinski definition) is 2. The highest BCUT2D eigenvalue weighted by atomic mass is 32.1. The molecule has 1 aliphatic rings. The molecule has 19 heavy (non-hydrogen) atoms. The van der Waals surface area contributed by atoms with Gasteiger partial charge in [0.2, 0.25) is 11.8 Å². The van der Waals surface area contributed by atoms with Crippen molar-refractivity contribution in [2.45, 2.75) is 31.8 Å². The van der Waals surface area contributed by atoms with Gasteiger partial charge in [0, 0.05) is 18.0 Å². The summed E-state index contributed by atoms with van der Waals surface area (Å²) in [6.45, 7) is 3.28. The molecule has 1 aromatic heterocycles. The number of carbonyl (C=O) groups is 2. The zero-order chi connectivity index (χ0) is 13.8. The van der Waals surface area contributed by atoms with E-state index < -0.39 is 12.1 Å². The topological polar surface area (TPSA) is 75.4 Å². The van der Waals surface area contributed by atoms with Crippen molar-refractivity contribution in [2.75, 3.05) is 13.1 Å². The average molecular weight is 281 g/mol. The van der Waals surface area contributed by atoms with E-state index in [1.165, 1.54) is 11.3 Å². The van der Waals surface area contributed by atoms with E-state index in [-0.39, 0.29) is 11.8 Å². The Hall–Kier alpha value is -1.40. The summed E-state index contributed by atoms with van der Waals surface area (Å²) in [6.07, 6.45) is 2.09. The van der Waals surface area contributed by atoms with E-state index in [9.17, 15) is 9.59 Å². The second-order valence-electron chi connectivity index (χ2n) is 4.76. The number of rotatable bonds is 4. The Morgan fingerprint density at radius 2 is 2.11 bits per heavy atom. The molecule has 0 aliphatic carbocycles. The minimum Gasteiger partial charge on any atom is -0.343 e. The van der Waals surface area contributed by atoms with E-state index in [2.05, 4.69) is 5.32 Å². The molecule has 2 rings (SSSR count). The summed E-state index contributed by atoms with van der Waals surface area (Å²) in [4.78, 5) is 26.6. The Morgan fingerprint density at radius 1 is 1.42 bits per heavy atom. The lowest BCUT2D eigenvalue weighted by molar-refractivity contribution is -0.135. The minimum atomic E-state index is -0.700. The first kappa shape index (κ1) is 14.0. The first-order valence-electron chi connectivity index (χ1n) is 6.47. The second-order valence-corrected chi connectivity index (χ2v) is 5.74. The summed E-state index contributed by atoms with van der Waals surface area (Å²) < 4.78 is 0. The Labute approximate surface area is 116 Å². The molecule has 0 radical (unpaired) electrons. The van der Waals surface area contributed by atoms with Crippen LogP contribution in [0.4, 0.5) is 0 Å². The van der Waals surface area contributed by atoms with Gasteiger partial charge < -0.3 is 16.0 Å². The van der Waals surface area contributed by atoms with E-state index in [4.69, 9.17) is 5.73 Å². The van der Waals surface area contributed by atoms with E-state index >= 15 is 0 Å². The van der Waals surface area contributed by atoms with Crippen LogP contribution in [0.3, 0.4) is 0 Å². The van der Waals surface area contributed by atoms with Crippen molar-refractivity contribution in [2.24, 2.45) is 5.73 Å². The Kier molecular flexibility index (Phi) is 4.55. The Morgan fingerprint density at radius 3 is 2.68 bits per heavy atom. The molecule has 3 N–H and O–H groups in total. The molecule has 2 heterocycles. The largest absolute Gasteiger partial charge is 0.343 e. The van der Waals surface area contributed by atoms with Gasteiger partial charge >= 0.3 is 0 Å². The van der Waals surface area contributed by atoms with Crippen LogP contribution in [0.2, 0.25) is 0 Å². The van der Waals surface area contributed by atoms with Crippen molar-refractivity contribution < 1.29 is 9.59 Å². The van der Waals surface area contributed by atoms with Crippen molar-refractivity contribution >= 4 is 23.2 Å². The van der Waals surface area contributed by atoms with Crippen LogP contribution in [0.25, 0.3) is 0 Å². The summed E-state index contributed by atoms with van der Waals surface area (Å²) in [7, 11) is 0. The SMILES string of the molecule is CC(NC(=O)C(N)c1cccs1)C(=O)N1CCCC1. The van der Waals surface area contributed by atoms with Gasteiger partial charge in [-0.15, -0.1) is 11.3 Å². The van der Waals surface area contributed by atoms with Crippen molar-refractivity contribution in [3.8, 4) is 0 Å². The number of nitrogens with two attached hydrogens (primary N) is 1. The molecule has 1 aliphatic heterocycles. The zero-order valence-corrected chi connectivity index (χ0v) is 11.8. The summed E-state index contributed by atoms with van der Waals surface area (Å²) in [5.74, 6) is -0.327. The number of thiophene rings is 1. The van der Waals surface area contributed by atoms with Gasteiger partial charge in [0.1, 0.15) is 12.1 Å². The van der Waals surface area contributed by atoms with E-state index in [1.54, 1.807) is 11.8 Å². The molecule has 0 bridgehead atoms. The smallest absolute Gasteiger partial charge is 0.244 e. The fourth-order valence-corrected chi connectivity index (χ4v) is 2.90. The highest BCUT2D eigenvalue weighted by Gasteiger charge is 2.26. The first-order valence-corrected chi connectivity index (χ1v) is 7.35. The van der Waals surface area contributed by atoms with Crippen LogP contribution < -0.4 is 11.1 Å². The predicted octanol–water partition coefficient (Wildman–Crippen LogP) is 0.875. The van der Waals surface area contributed by atoms with Crippen molar-refractivity contribution in [3.05, 3.63) is 22.4 Å². The highest BCUT2D eigenvalue weighted by Crippen LogP contribution is 2.17. The average Bonchev–Trinajstić information content (AvgIpc) is 3.09. The Balaban J connectivity index is 1.89. The lowest BCUT2D eigenvalue weighted by Crippen LogP contribution is -2.48. The molecule has 0 aromatic carbocycles. The molecule has 5 nitrogen and oxygen atoms in total. The monoisotopic (exact) mass is 281 g/mol. The van der Waals surface area contributed by atoms with Crippen molar-refractivity contribution in [1.29, 1.82) is 0 Å². The third-order valence-electron chi connectivity index (χ3n) is 3.28. The lowest BCUT2D eigenvalue weighted by atomic mass is 10.2. The van der Waals surface area contributed by atoms with Gasteiger partial charge in [-0.3, -0.25) is 9.59 Å². The molecule has 2 unspecified atom stereocenters. The van der Waals surface area contributed by atoms with Crippen LogP contribution in [0.1, 0.15) is 30.7 Å². The van der Waals surface area contributed by atoms with Gasteiger partial charge in [0.25, 0.3) is 0 Å². The van der Waals surface area contributed by atoms with Gasteiger partial charge in [-0.1, -0.05) is 6.07 Å². The highest BCUT2D eigenvalue weighted by molar-refractivity contribution is 7.10. The van der Waals surface area contributed by atoms with Gasteiger partial charge in [0.15, 0.2) is 0 Å². The maximum absolute atomic E-state index is 12.1. The van der Waals surface area contributed by atoms with Gasteiger partial charge in [-0.05, 0) is 31.2 Å². The van der Waals surface area contributed by atoms with E-state index in [0.717, 1.165) is 30.8 Å². The summed E-state index contributed by atoms with van der Waals surface area (Å²) in [5, 5.41) is 4.57. The van der Waals surface area contributed by atoms with Crippen LogP contribution in [0.15, 0.2) is 17.5 Å². The van der Waals surface area contributed by atoms with E-state index in [0.29, 0.717) is 0 Å². The third kappa shape index (κ3) is 3.33. The molecule has 1 saturated heterocycles. The van der Waals surface area contributed by atoms with Crippen LogP contribution in [-0.2, 0) is 9.59 Å². The number of hydrogen-bond acceptors (Lipinski definition) is 4. The molecule has 1 fully saturated rings. The van der Waals surface area contributed by atoms with Gasteiger partial charge in [0.05, 0.1) is 0 Å². The lowest BCUT2D eigenvalue weighted by Gasteiger charge is -2.22. The van der Waals surface area contributed by atoms with E-state index in [1.807, 2.05) is 17.5 Å². The quantitative estimate of drug-likeness (QED) is 0.860. The number of amides is 2. The first-order chi connectivity index (χ1) is 9.09. The summed E-state index contributed by atoms with van der Waals surface area (Å²) in [6, 6.07) is 2.46. The molecule has 0 spiro atoms. The molecule has 1 aromatic rings. The zero-order valence-electron chi connectivity index (χ0n) is 11.0. The Bertz CT molecular complexity index is 441.